The van der Waals surface area contributed by atoms with Crippen LogP contribution in [0, 0.1) is 0 Å². The zero-order valence-corrected chi connectivity index (χ0v) is 11.5. The first-order chi connectivity index (χ1) is 9.22. The van der Waals surface area contributed by atoms with Gasteiger partial charge < -0.3 is 19.3 Å². The van der Waals surface area contributed by atoms with Crippen molar-refractivity contribution in [2.24, 2.45) is 0 Å². The summed E-state index contributed by atoms with van der Waals surface area (Å²) in [5, 5.41) is 9.72. The summed E-state index contributed by atoms with van der Waals surface area (Å²) in [4.78, 5) is 0. The predicted octanol–water partition coefficient (Wildman–Crippen LogP) is 1.93. The lowest BCUT2D eigenvalue weighted by atomic mass is 9.87. The molecule has 0 aromatic heterocycles. The Labute approximate surface area is 114 Å². The summed E-state index contributed by atoms with van der Waals surface area (Å²) in [5.41, 5.74) is 1.14. The third-order valence-corrected chi connectivity index (χ3v) is 3.47. The Morgan fingerprint density at radius 3 is 2.63 bits per heavy atom. The van der Waals surface area contributed by atoms with Crippen molar-refractivity contribution in [1.82, 2.24) is 0 Å². The van der Waals surface area contributed by atoms with Crippen molar-refractivity contribution in [3.63, 3.8) is 0 Å². The van der Waals surface area contributed by atoms with Gasteiger partial charge in [-0.2, -0.15) is 0 Å². The summed E-state index contributed by atoms with van der Waals surface area (Å²) in [5.74, 6) is 0. The normalized spacial score (nSPS) is 27.8. The van der Waals surface area contributed by atoms with E-state index in [1.54, 1.807) is 7.11 Å². The van der Waals surface area contributed by atoms with Gasteiger partial charge in [0.15, 0.2) is 0 Å². The molecule has 1 aromatic carbocycles. The van der Waals surface area contributed by atoms with E-state index in [1.807, 2.05) is 37.3 Å². The minimum atomic E-state index is -0.426. The molecule has 1 aromatic rings. The van der Waals surface area contributed by atoms with Crippen LogP contribution in [0.1, 0.15) is 25.0 Å². The van der Waals surface area contributed by atoms with Crippen LogP contribution in [-0.4, -0.2) is 43.7 Å². The van der Waals surface area contributed by atoms with E-state index in [4.69, 9.17) is 14.2 Å². The molecule has 1 fully saturated rings. The van der Waals surface area contributed by atoms with Crippen LogP contribution < -0.4 is 0 Å². The molecule has 0 bridgehead atoms. The van der Waals surface area contributed by atoms with Crippen LogP contribution in [0.2, 0.25) is 0 Å². The minimum absolute atomic E-state index is 0.00669. The lowest BCUT2D eigenvalue weighted by Crippen LogP contribution is -2.54. The SMILES string of the molecule is COCCOC1C(O)CC1OC(C)c1ccccc1. The number of rotatable bonds is 7. The summed E-state index contributed by atoms with van der Waals surface area (Å²) in [7, 11) is 1.63. The molecule has 19 heavy (non-hydrogen) atoms. The summed E-state index contributed by atoms with van der Waals surface area (Å²) >= 11 is 0. The van der Waals surface area contributed by atoms with Crippen LogP contribution >= 0.6 is 0 Å². The van der Waals surface area contributed by atoms with Gasteiger partial charge in [0, 0.05) is 13.5 Å². The Morgan fingerprint density at radius 1 is 1.26 bits per heavy atom. The van der Waals surface area contributed by atoms with Gasteiger partial charge in [-0.25, -0.2) is 0 Å². The molecular weight excluding hydrogens is 244 g/mol. The fourth-order valence-corrected chi connectivity index (χ4v) is 2.24. The number of methoxy groups -OCH3 is 1. The van der Waals surface area contributed by atoms with Gasteiger partial charge >= 0.3 is 0 Å². The molecule has 0 aliphatic heterocycles. The molecule has 0 amide bonds. The lowest BCUT2D eigenvalue weighted by Gasteiger charge is -2.42. The summed E-state index contributed by atoms with van der Waals surface area (Å²) < 4.78 is 16.5. The van der Waals surface area contributed by atoms with Crippen LogP contribution in [0.5, 0.6) is 0 Å². The number of hydrogen-bond acceptors (Lipinski definition) is 4. The number of hydrogen-bond donors (Lipinski definition) is 1. The molecule has 4 heteroatoms. The molecule has 0 heterocycles. The molecule has 1 aliphatic rings. The quantitative estimate of drug-likeness (QED) is 0.766. The van der Waals surface area contributed by atoms with Gasteiger partial charge in [0.05, 0.1) is 31.5 Å². The highest BCUT2D eigenvalue weighted by Crippen LogP contribution is 2.31. The molecular formula is C15H22O4. The van der Waals surface area contributed by atoms with Gasteiger partial charge in [-0.15, -0.1) is 0 Å². The molecule has 4 unspecified atom stereocenters. The Hall–Kier alpha value is -0.940. The van der Waals surface area contributed by atoms with Gasteiger partial charge in [0.25, 0.3) is 0 Å². The first-order valence-corrected chi connectivity index (χ1v) is 6.71. The lowest BCUT2D eigenvalue weighted by molar-refractivity contribution is -0.209. The second kappa shape index (κ2) is 7.01. The van der Waals surface area contributed by atoms with Crippen LogP contribution in [-0.2, 0) is 14.2 Å². The third kappa shape index (κ3) is 3.76. The maximum absolute atomic E-state index is 9.72. The molecule has 4 nitrogen and oxygen atoms in total. The van der Waals surface area contributed by atoms with E-state index in [1.165, 1.54) is 0 Å². The average Bonchev–Trinajstić information content (AvgIpc) is 2.44. The van der Waals surface area contributed by atoms with Gasteiger partial charge in [0.1, 0.15) is 6.10 Å². The van der Waals surface area contributed by atoms with E-state index >= 15 is 0 Å². The maximum Gasteiger partial charge on any atom is 0.110 e. The fourth-order valence-electron chi connectivity index (χ4n) is 2.24. The summed E-state index contributed by atoms with van der Waals surface area (Å²) in [6, 6.07) is 10.1. The third-order valence-electron chi connectivity index (χ3n) is 3.47. The zero-order valence-electron chi connectivity index (χ0n) is 11.5. The maximum atomic E-state index is 9.72. The van der Waals surface area contributed by atoms with Crippen molar-refractivity contribution < 1.29 is 19.3 Å². The Bertz CT molecular complexity index is 368. The Balaban J connectivity index is 1.82. The first kappa shape index (κ1) is 14.5. The first-order valence-electron chi connectivity index (χ1n) is 6.71. The van der Waals surface area contributed by atoms with Gasteiger partial charge in [-0.1, -0.05) is 30.3 Å². The van der Waals surface area contributed by atoms with Crippen LogP contribution in [0.15, 0.2) is 30.3 Å². The minimum Gasteiger partial charge on any atom is -0.390 e. The van der Waals surface area contributed by atoms with E-state index in [0.717, 1.165) is 5.56 Å². The Morgan fingerprint density at radius 2 is 2.00 bits per heavy atom. The highest BCUT2D eigenvalue weighted by atomic mass is 16.6. The number of benzene rings is 1. The van der Waals surface area contributed by atoms with Crippen molar-refractivity contribution in [3.05, 3.63) is 35.9 Å². The smallest absolute Gasteiger partial charge is 0.110 e. The number of aliphatic hydroxyl groups excluding tert-OH is 1. The summed E-state index contributed by atoms with van der Waals surface area (Å²) in [6.07, 6.45) is -0.0603. The number of aliphatic hydroxyl groups is 1. The number of ether oxygens (including phenoxy) is 3. The van der Waals surface area contributed by atoms with Gasteiger partial charge in [-0.3, -0.25) is 0 Å². The fraction of sp³-hybridized carbons (Fsp3) is 0.600. The molecule has 0 radical (unpaired) electrons. The largest absolute Gasteiger partial charge is 0.390 e. The van der Waals surface area contributed by atoms with Crippen molar-refractivity contribution >= 4 is 0 Å². The van der Waals surface area contributed by atoms with Gasteiger partial charge in [-0.05, 0) is 12.5 Å². The molecule has 4 atom stereocenters. The van der Waals surface area contributed by atoms with E-state index < -0.39 is 6.10 Å². The molecule has 1 aliphatic carbocycles. The van der Waals surface area contributed by atoms with Crippen molar-refractivity contribution in [2.75, 3.05) is 20.3 Å². The van der Waals surface area contributed by atoms with Crippen molar-refractivity contribution in [3.8, 4) is 0 Å². The van der Waals surface area contributed by atoms with E-state index in [-0.39, 0.29) is 18.3 Å². The molecule has 0 saturated heterocycles. The Kier molecular flexibility index (Phi) is 5.34. The monoisotopic (exact) mass is 266 g/mol. The van der Waals surface area contributed by atoms with Crippen LogP contribution in [0.3, 0.4) is 0 Å². The molecule has 0 spiro atoms. The molecule has 106 valence electrons. The highest BCUT2D eigenvalue weighted by Gasteiger charge is 2.42. The van der Waals surface area contributed by atoms with Crippen molar-refractivity contribution in [2.45, 2.75) is 37.8 Å². The van der Waals surface area contributed by atoms with Gasteiger partial charge in [0.2, 0.25) is 0 Å². The molecule has 1 N–H and O–H groups in total. The van der Waals surface area contributed by atoms with E-state index in [2.05, 4.69) is 0 Å². The summed E-state index contributed by atoms with van der Waals surface area (Å²) in [6.45, 7) is 3.04. The second-order valence-corrected chi connectivity index (χ2v) is 4.86. The van der Waals surface area contributed by atoms with E-state index in [9.17, 15) is 5.11 Å². The predicted molar refractivity (Wildman–Crippen MR) is 72.0 cm³/mol. The second-order valence-electron chi connectivity index (χ2n) is 4.86. The molecule has 2 rings (SSSR count). The molecule has 1 saturated carbocycles. The van der Waals surface area contributed by atoms with Crippen LogP contribution in [0.4, 0.5) is 0 Å². The zero-order chi connectivity index (χ0) is 13.7. The standard InChI is InChI=1S/C15H22O4/c1-11(12-6-4-3-5-7-12)19-14-10-13(16)15(14)18-9-8-17-2/h3-7,11,13-16H,8-10H2,1-2H3. The van der Waals surface area contributed by atoms with Crippen molar-refractivity contribution in [1.29, 1.82) is 0 Å². The van der Waals surface area contributed by atoms with Crippen LogP contribution in [0.25, 0.3) is 0 Å². The highest BCUT2D eigenvalue weighted by molar-refractivity contribution is 5.17. The topological polar surface area (TPSA) is 47.9 Å². The average molecular weight is 266 g/mol. The van der Waals surface area contributed by atoms with E-state index in [0.29, 0.717) is 19.6 Å².